The largest absolute Gasteiger partial charge is 0.481 e. The number of rotatable bonds is 3. The first kappa shape index (κ1) is 14.8. The molecule has 1 aliphatic heterocycles. The number of hydrogen-bond donors (Lipinski definition) is 1. The van der Waals surface area contributed by atoms with Gasteiger partial charge in [0.1, 0.15) is 5.60 Å². The summed E-state index contributed by atoms with van der Waals surface area (Å²) in [6.45, 7) is 6.20. The second-order valence-electron chi connectivity index (χ2n) is 6.03. The van der Waals surface area contributed by atoms with Crippen molar-refractivity contribution < 1.29 is 19.4 Å². The van der Waals surface area contributed by atoms with Gasteiger partial charge in [0.25, 0.3) is 0 Å². The van der Waals surface area contributed by atoms with Gasteiger partial charge < -0.3 is 14.7 Å². The average Bonchev–Trinajstić information content (AvgIpc) is 2.05. The number of amides is 1. The first-order valence-corrected chi connectivity index (χ1v) is 5.93. The van der Waals surface area contributed by atoms with E-state index in [0.29, 0.717) is 13.1 Å². The van der Waals surface area contributed by atoms with E-state index in [2.05, 4.69) is 0 Å². The Hall–Kier alpha value is -1.30. The normalized spacial score (nSPS) is 18.4. The number of carbonyl (C=O) groups excluding carboxylic acids is 1. The van der Waals surface area contributed by atoms with E-state index in [-0.39, 0.29) is 12.5 Å². The Morgan fingerprint density at radius 1 is 1.33 bits per heavy atom. The second-order valence-corrected chi connectivity index (χ2v) is 6.03. The van der Waals surface area contributed by atoms with Gasteiger partial charge in [0, 0.05) is 13.1 Å². The number of carbonyl (C=O) groups is 2. The van der Waals surface area contributed by atoms with Crippen LogP contribution in [0, 0.1) is 0 Å². The maximum absolute atomic E-state index is 11.8. The van der Waals surface area contributed by atoms with Crippen molar-refractivity contribution in [2.24, 2.45) is 0 Å². The number of aliphatic carboxylic acids is 1. The summed E-state index contributed by atoms with van der Waals surface area (Å²) in [5.74, 6) is -0.854. The number of hydrogen-bond acceptors (Lipinski definition) is 4. The van der Waals surface area contributed by atoms with Gasteiger partial charge in [-0.05, 0) is 34.9 Å². The molecule has 104 valence electrons. The zero-order valence-electron chi connectivity index (χ0n) is 11.7. The minimum atomic E-state index is -0.854. The maximum atomic E-state index is 11.8. The number of carboxylic acid groups (broad SMARTS) is 1. The van der Waals surface area contributed by atoms with Crippen molar-refractivity contribution >= 4 is 12.1 Å². The van der Waals surface area contributed by atoms with Crippen LogP contribution in [0.5, 0.6) is 0 Å². The molecule has 0 bridgehead atoms. The SMILES string of the molecule is CN(C)C1(CC(=O)O)CN(C(=O)OC(C)(C)C)C1. The highest BCUT2D eigenvalue weighted by Gasteiger charge is 2.49. The molecule has 1 heterocycles. The Balaban J connectivity index is 2.59. The molecule has 0 saturated carbocycles. The fraction of sp³-hybridized carbons (Fsp3) is 0.833. The molecule has 0 radical (unpaired) electrons. The predicted molar refractivity (Wildman–Crippen MR) is 66.5 cm³/mol. The van der Waals surface area contributed by atoms with Crippen LogP contribution >= 0.6 is 0 Å². The fourth-order valence-corrected chi connectivity index (χ4v) is 1.95. The van der Waals surface area contributed by atoms with Crippen LogP contribution < -0.4 is 0 Å². The summed E-state index contributed by atoms with van der Waals surface area (Å²) in [7, 11) is 3.66. The van der Waals surface area contributed by atoms with Crippen LogP contribution in [0.4, 0.5) is 4.79 Å². The summed E-state index contributed by atoms with van der Waals surface area (Å²) in [5, 5.41) is 8.91. The molecular weight excluding hydrogens is 236 g/mol. The van der Waals surface area contributed by atoms with Gasteiger partial charge >= 0.3 is 12.1 Å². The van der Waals surface area contributed by atoms with Crippen LogP contribution in [0.3, 0.4) is 0 Å². The molecule has 0 aromatic heterocycles. The standard InChI is InChI=1S/C12H22N2O4/c1-11(2,3)18-10(17)14-7-12(8-14,13(4)5)6-9(15)16/h6-8H2,1-5H3,(H,15,16). The van der Waals surface area contributed by atoms with E-state index in [9.17, 15) is 9.59 Å². The molecule has 1 amide bonds. The summed E-state index contributed by atoms with van der Waals surface area (Å²) in [6.07, 6.45) is -0.357. The van der Waals surface area contributed by atoms with Crippen molar-refractivity contribution in [3.63, 3.8) is 0 Å². The molecule has 1 rings (SSSR count). The molecule has 1 aliphatic rings. The molecule has 1 N–H and O–H groups in total. The molecule has 1 fully saturated rings. The zero-order valence-corrected chi connectivity index (χ0v) is 11.7. The highest BCUT2D eigenvalue weighted by molar-refractivity contribution is 5.73. The molecule has 0 aromatic rings. The Morgan fingerprint density at radius 3 is 2.17 bits per heavy atom. The van der Waals surface area contributed by atoms with Crippen molar-refractivity contribution in [3.8, 4) is 0 Å². The topological polar surface area (TPSA) is 70.1 Å². The molecule has 0 spiro atoms. The lowest BCUT2D eigenvalue weighted by atomic mass is 9.85. The minimum Gasteiger partial charge on any atom is -0.481 e. The van der Waals surface area contributed by atoms with Crippen LogP contribution in [-0.2, 0) is 9.53 Å². The van der Waals surface area contributed by atoms with Crippen LogP contribution in [0.15, 0.2) is 0 Å². The van der Waals surface area contributed by atoms with Crippen LogP contribution in [0.1, 0.15) is 27.2 Å². The van der Waals surface area contributed by atoms with E-state index in [1.165, 1.54) is 4.90 Å². The lowest BCUT2D eigenvalue weighted by Crippen LogP contribution is -2.70. The first-order valence-electron chi connectivity index (χ1n) is 5.93. The number of likely N-dealkylation sites (N-methyl/N-ethyl adjacent to an activating group) is 1. The van der Waals surface area contributed by atoms with Crippen molar-refractivity contribution in [3.05, 3.63) is 0 Å². The van der Waals surface area contributed by atoms with Gasteiger partial charge in [-0.3, -0.25) is 9.69 Å². The zero-order chi connectivity index (χ0) is 14.1. The molecule has 18 heavy (non-hydrogen) atoms. The summed E-state index contributed by atoms with van der Waals surface area (Å²) in [5.41, 5.74) is -0.997. The van der Waals surface area contributed by atoms with Gasteiger partial charge in [0.15, 0.2) is 0 Å². The molecule has 0 aromatic carbocycles. The monoisotopic (exact) mass is 258 g/mol. The molecule has 0 aliphatic carbocycles. The lowest BCUT2D eigenvalue weighted by molar-refractivity contribution is -0.144. The summed E-state index contributed by atoms with van der Waals surface area (Å²) in [6, 6.07) is 0. The Kier molecular flexibility index (Phi) is 3.90. The quantitative estimate of drug-likeness (QED) is 0.818. The van der Waals surface area contributed by atoms with Crippen molar-refractivity contribution in [1.82, 2.24) is 9.80 Å². The van der Waals surface area contributed by atoms with Gasteiger partial charge in [-0.15, -0.1) is 0 Å². The number of carboxylic acids is 1. The fourth-order valence-electron chi connectivity index (χ4n) is 1.95. The van der Waals surface area contributed by atoms with E-state index in [0.717, 1.165) is 0 Å². The molecule has 6 nitrogen and oxygen atoms in total. The van der Waals surface area contributed by atoms with Gasteiger partial charge in [-0.2, -0.15) is 0 Å². The third kappa shape index (κ3) is 3.35. The van der Waals surface area contributed by atoms with E-state index < -0.39 is 17.1 Å². The van der Waals surface area contributed by atoms with E-state index in [1.807, 2.05) is 19.0 Å². The number of likely N-dealkylation sites (tertiary alicyclic amines) is 1. The minimum absolute atomic E-state index is 0.0271. The number of ether oxygens (including phenoxy) is 1. The van der Waals surface area contributed by atoms with Gasteiger partial charge in [-0.1, -0.05) is 0 Å². The molecule has 1 saturated heterocycles. The van der Waals surface area contributed by atoms with Crippen molar-refractivity contribution in [2.75, 3.05) is 27.2 Å². The summed E-state index contributed by atoms with van der Waals surface area (Å²) in [4.78, 5) is 26.0. The lowest BCUT2D eigenvalue weighted by Gasteiger charge is -2.52. The first-order chi connectivity index (χ1) is 8.06. The third-order valence-electron chi connectivity index (χ3n) is 3.05. The second kappa shape index (κ2) is 4.76. The van der Waals surface area contributed by atoms with Crippen molar-refractivity contribution in [1.29, 1.82) is 0 Å². The van der Waals surface area contributed by atoms with Crippen LogP contribution in [-0.4, -0.2) is 65.3 Å². The molecule has 0 unspecified atom stereocenters. The van der Waals surface area contributed by atoms with Gasteiger partial charge in [-0.25, -0.2) is 4.79 Å². The van der Waals surface area contributed by atoms with Crippen molar-refractivity contribution in [2.45, 2.75) is 38.3 Å². The maximum Gasteiger partial charge on any atom is 0.410 e. The highest BCUT2D eigenvalue weighted by atomic mass is 16.6. The van der Waals surface area contributed by atoms with Crippen LogP contribution in [0.25, 0.3) is 0 Å². The van der Waals surface area contributed by atoms with Gasteiger partial charge in [0.2, 0.25) is 0 Å². The Labute approximate surface area is 107 Å². The smallest absolute Gasteiger partial charge is 0.410 e. The summed E-state index contributed by atoms with van der Waals surface area (Å²) < 4.78 is 5.24. The Morgan fingerprint density at radius 2 is 1.83 bits per heavy atom. The molecule has 0 atom stereocenters. The third-order valence-corrected chi connectivity index (χ3v) is 3.05. The molecule has 6 heteroatoms. The van der Waals surface area contributed by atoms with Crippen LogP contribution in [0.2, 0.25) is 0 Å². The number of nitrogens with zero attached hydrogens (tertiary/aromatic N) is 2. The van der Waals surface area contributed by atoms with E-state index in [4.69, 9.17) is 9.84 Å². The van der Waals surface area contributed by atoms with E-state index in [1.54, 1.807) is 20.8 Å². The average molecular weight is 258 g/mol. The van der Waals surface area contributed by atoms with E-state index >= 15 is 0 Å². The summed E-state index contributed by atoms with van der Waals surface area (Å²) >= 11 is 0. The Bertz CT molecular complexity index is 340. The van der Waals surface area contributed by atoms with Gasteiger partial charge in [0.05, 0.1) is 12.0 Å². The molecular formula is C12H22N2O4. The highest BCUT2D eigenvalue weighted by Crippen LogP contribution is 2.30. The predicted octanol–water partition coefficient (Wildman–Crippen LogP) is 1.01.